The van der Waals surface area contributed by atoms with Crippen LogP contribution in [0.2, 0.25) is 0 Å². The Morgan fingerprint density at radius 1 is 1.39 bits per heavy atom. The minimum absolute atomic E-state index is 0.178. The number of carbonyl (C=O) groups excluding carboxylic acids is 2. The molecule has 1 fully saturated rings. The first-order chi connectivity index (χ1) is 8.15. The lowest BCUT2D eigenvalue weighted by atomic mass is 9.82. The highest BCUT2D eigenvalue weighted by molar-refractivity contribution is 6.14. The van der Waals surface area contributed by atoms with Gasteiger partial charge < -0.3 is 4.74 Å². The molecular weight excluding hydrogens is 232 g/mol. The average molecular weight is 250 g/mol. The van der Waals surface area contributed by atoms with Gasteiger partial charge in [-0.05, 0) is 33.8 Å². The van der Waals surface area contributed by atoms with Gasteiger partial charge in [0.2, 0.25) is 0 Å². The van der Waals surface area contributed by atoms with Gasteiger partial charge in [0.1, 0.15) is 17.2 Å². The minimum atomic E-state index is -0.918. The Morgan fingerprint density at radius 2 is 2.00 bits per heavy atom. The number of hydrogen-bond acceptors (Lipinski definition) is 4. The summed E-state index contributed by atoms with van der Waals surface area (Å²) in [6.07, 6.45) is 1.69. The molecule has 1 unspecified atom stereocenters. The molecule has 0 N–H and O–H groups in total. The van der Waals surface area contributed by atoms with Crippen molar-refractivity contribution in [2.75, 3.05) is 0 Å². The Kier molecular flexibility index (Phi) is 2.70. The highest BCUT2D eigenvalue weighted by Gasteiger charge is 2.56. The van der Waals surface area contributed by atoms with Gasteiger partial charge in [0.15, 0.2) is 11.6 Å². The van der Waals surface area contributed by atoms with Gasteiger partial charge >= 0.3 is 0 Å². The first kappa shape index (κ1) is 13.0. The third kappa shape index (κ3) is 1.88. The van der Waals surface area contributed by atoms with Crippen molar-refractivity contribution in [1.82, 2.24) is 9.78 Å². The van der Waals surface area contributed by atoms with Crippen molar-refractivity contribution in [1.29, 1.82) is 0 Å². The maximum atomic E-state index is 12.4. The summed E-state index contributed by atoms with van der Waals surface area (Å²) in [4.78, 5) is 24.7. The van der Waals surface area contributed by atoms with E-state index >= 15 is 0 Å². The smallest absolute Gasteiger partial charge is 0.196 e. The summed E-state index contributed by atoms with van der Waals surface area (Å²) < 4.78 is 7.25. The summed E-state index contributed by atoms with van der Waals surface area (Å²) in [5.41, 5.74) is -1.40. The number of ether oxygens (including phenoxy) is 1. The van der Waals surface area contributed by atoms with Crippen LogP contribution in [0.4, 0.5) is 0 Å². The Hall–Kier alpha value is -1.49. The molecule has 1 saturated heterocycles. The summed E-state index contributed by atoms with van der Waals surface area (Å²) in [6.45, 7) is 6.93. The molecule has 5 nitrogen and oxygen atoms in total. The zero-order chi connectivity index (χ0) is 13.7. The largest absolute Gasteiger partial charge is 0.361 e. The molecule has 0 amide bonds. The Morgan fingerprint density at radius 3 is 2.39 bits per heavy atom. The van der Waals surface area contributed by atoms with Crippen LogP contribution < -0.4 is 0 Å². The van der Waals surface area contributed by atoms with Crippen molar-refractivity contribution in [3.8, 4) is 0 Å². The fourth-order valence-corrected chi connectivity index (χ4v) is 2.56. The van der Waals surface area contributed by atoms with E-state index in [1.54, 1.807) is 51.7 Å². The third-order valence-electron chi connectivity index (χ3n) is 3.30. The highest BCUT2D eigenvalue weighted by Crippen LogP contribution is 2.40. The number of rotatable bonds is 2. The van der Waals surface area contributed by atoms with E-state index in [-0.39, 0.29) is 11.6 Å². The molecule has 0 aliphatic carbocycles. The van der Waals surface area contributed by atoms with E-state index in [0.717, 1.165) is 0 Å². The quantitative estimate of drug-likeness (QED) is 0.587. The molecule has 0 spiro atoms. The minimum Gasteiger partial charge on any atom is -0.361 e. The fourth-order valence-electron chi connectivity index (χ4n) is 2.56. The number of ketones is 2. The number of nitrogens with zero attached hydrogens (tertiary/aromatic N) is 2. The van der Waals surface area contributed by atoms with Crippen LogP contribution in [0.3, 0.4) is 0 Å². The lowest BCUT2D eigenvalue weighted by molar-refractivity contribution is -0.132. The normalized spacial score (nSPS) is 25.4. The van der Waals surface area contributed by atoms with Gasteiger partial charge in [-0.15, -0.1) is 0 Å². The SMILES string of the molecule is Cn1ccc(C(=O)C2C(=O)C(C)(C)OC2(C)C)n1. The lowest BCUT2D eigenvalue weighted by Gasteiger charge is -2.24. The van der Waals surface area contributed by atoms with Crippen molar-refractivity contribution >= 4 is 11.6 Å². The zero-order valence-corrected chi connectivity index (χ0v) is 11.4. The molecule has 2 rings (SSSR count). The van der Waals surface area contributed by atoms with Crippen molar-refractivity contribution in [3.05, 3.63) is 18.0 Å². The Labute approximate surface area is 106 Å². The molecular formula is C13H18N2O3. The van der Waals surface area contributed by atoms with Crippen LogP contribution in [0.15, 0.2) is 12.3 Å². The molecule has 0 radical (unpaired) electrons. The number of Topliss-reactive ketones (excluding diaryl/α,β-unsaturated/α-hetero) is 2. The molecule has 98 valence electrons. The van der Waals surface area contributed by atoms with Gasteiger partial charge in [0.25, 0.3) is 0 Å². The molecule has 0 bridgehead atoms. The summed E-state index contributed by atoms with van der Waals surface area (Å²) in [7, 11) is 1.73. The Bertz CT molecular complexity index is 514. The summed E-state index contributed by atoms with van der Waals surface area (Å²) in [5, 5.41) is 4.06. The fraction of sp³-hybridized carbons (Fsp3) is 0.615. The first-order valence-electron chi connectivity index (χ1n) is 5.93. The molecule has 1 aromatic rings. The van der Waals surface area contributed by atoms with Gasteiger partial charge in [0.05, 0.1) is 5.60 Å². The summed E-state index contributed by atoms with van der Waals surface area (Å²) >= 11 is 0. The molecule has 1 aliphatic heterocycles. The first-order valence-corrected chi connectivity index (χ1v) is 5.93. The van der Waals surface area contributed by atoms with Crippen LogP contribution in [0.25, 0.3) is 0 Å². The van der Waals surface area contributed by atoms with E-state index in [9.17, 15) is 9.59 Å². The predicted octanol–water partition coefficient (Wildman–Crippen LogP) is 1.38. The number of aromatic nitrogens is 2. The average Bonchev–Trinajstić information content (AvgIpc) is 2.68. The predicted molar refractivity (Wildman–Crippen MR) is 65.3 cm³/mol. The van der Waals surface area contributed by atoms with Crippen LogP contribution in [0.1, 0.15) is 38.2 Å². The molecule has 2 heterocycles. The van der Waals surface area contributed by atoms with Crippen molar-refractivity contribution in [2.45, 2.75) is 38.9 Å². The van der Waals surface area contributed by atoms with Crippen LogP contribution in [0, 0.1) is 5.92 Å². The Balaban J connectivity index is 2.38. The van der Waals surface area contributed by atoms with Crippen molar-refractivity contribution < 1.29 is 14.3 Å². The van der Waals surface area contributed by atoms with Crippen LogP contribution >= 0.6 is 0 Å². The number of aryl methyl sites for hydroxylation is 1. The van der Waals surface area contributed by atoms with E-state index in [0.29, 0.717) is 5.69 Å². The number of carbonyl (C=O) groups is 2. The maximum absolute atomic E-state index is 12.4. The maximum Gasteiger partial charge on any atom is 0.196 e. The highest BCUT2D eigenvalue weighted by atomic mass is 16.5. The molecule has 0 aromatic carbocycles. The van der Waals surface area contributed by atoms with E-state index in [1.165, 1.54) is 0 Å². The summed E-state index contributed by atoms with van der Waals surface area (Å²) in [6, 6.07) is 1.62. The second-order valence-electron chi connectivity index (χ2n) is 5.75. The van der Waals surface area contributed by atoms with Crippen LogP contribution in [-0.2, 0) is 16.6 Å². The molecule has 1 atom stereocenters. The van der Waals surface area contributed by atoms with Gasteiger partial charge in [0, 0.05) is 13.2 Å². The van der Waals surface area contributed by atoms with Crippen LogP contribution in [-0.4, -0.2) is 32.5 Å². The number of hydrogen-bond donors (Lipinski definition) is 0. The monoisotopic (exact) mass is 250 g/mol. The van der Waals surface area contributed by atoms with Crippen LogP contribution in [0.5, 0.6) is 0 Å². The second kappa shape index (κ2) is 3.75. The molecule has 5 heteroatoms. The zero-order valence-electron chi connectivity index (χ0n) is 11.4. The molecule has 0 saturated carbocycles. The second-order valence-corrected chi connectivity index (χ2v) is 5.75. The standard InChI is InChI=1S/C13H18N2O3/c1-12(2)9(11(17)13(3,4)18-12)10(16)8-6-7-15(5)14-8/h6-7,9H,1-5H3. The topological polar surface area (TPSA) is 61.2 Å². The van der Waals surface area contributed by atoms with Gasteiger partial charge in [-0.3, -0.25) is 14.3 Å². The molecule has 1 aromatic heterocycles. The van der Waals surface area contributed by atoms with Gasteiger partial charge in [-0.2, -0.15) is 5.10 Å². The summed E-state index contributed by atoms with van der Waals surface area (Å²) in [5.74, 6) is -1.23. The van der Waals surface area contributed by atoms with E-state index < -0.39 is 17.1 Å². The lowest BCUT2D eigenvalue weighted by Crippen LogP contribution is -2.37. The van der Waals surface area contributed by atoms with Crippen molar-refractivity contribution in [3.63, 3.8) is 0 Å². The van der Waals surface area contributed by atoms with Gasteiger partial charge in [-0.25, -0.2) is 0 Å². The molecule has 1 aliphatic rings. The van der Waals surface area contributed by atoms with E-state index in [1.807, 2.05) is 0 Å². The molecule has 18 heavy (non-hydrogen) atoms. The van der Waals surface area contributed by atoms with Crippen molar-refractivity contribution in [2.24, 2.45) is 13.0 Å². The van der Waals surface area contributed by atoms with E-state index in [4.69, 9.17) is 4.74 Å². The van der Waals surface area contributed by atoms with E-state index in [2.05, 4.69) is 5.10 Å². The third-order valence-corrected chi connectivity index (χ3v) is 3.30. The van der Waals surface area contributed by atoms with Gasteiger partial charge in [-0.1, -0.05) is 0 Å².